The molecule has 1 heterocycles. The lowest BCUT2D eigenvalue weighted by Gasteiger charge is -2.20. The van der Waals surface area contributed by atoms with Crippen LogP contribution in [0.3, 0.4) is 0 Å². The summed E-state index contributed by atoms with van der Waals surface area (Å²) in [6.45, 7) is 8.21. The zero-order valence-corrected chi connectivity index (χ0v) is 13.9. The molecule has 1 amide bonds. The molecule has 0 fully saturated rings. The van der Waals surface area contributed by atoms with Crippen LogP contribution in [0.2, 0.25) is 0 Å². The second kappa shape index (κ2) is 6.00. The predicted octanol–water partition coefficient (Wildman–Crippen LogP) is 4.67. The van der Waals surface area contributed by atoms with Crippen LogP contribution in [0.15, 0.2) is 27.1 Å². The molecule has 2 aromatic rings. The maximum atomic E-state index is 12.4. The SMILES string of the molecule is CCC(NC(=O)c1oc2ccc(Br)cc2c1C)C(C)C. The first-order valence-corrected chi connectivity index (χ1v) is 7.72. The fourth-order valence-corrected chi connectivity index (χ4v) is 2.74. The first kappa shape index (κ1) is 15.1. The molecule has 1 N–H and O–H groups in total. The van der Waals surface area contributed by atoms with Crippen molar-refractivity contribution in [3.05, 3.63) is 34.0 Å². The number of fused-ring (bicyclic) bond motifs is 1. The van der Waals surface area contributed by atoms with E-state index in [1.807, 2.05) is 25.1 Å². The van der Waals surface area contributed by atoms with Gasteiger partial charge in [0.05, 0.1) is 0 Å². The Balaban J connectivity index is 2.33. The monoisotopic (exact) mass is 337 g/mol. The number of amides is 1. The Hall–Kier alpha value is -1.29. The fourth-order valence-electron chi connectivity index (χ4n) is 2.38. The molecule has 4 heteroatoms. The molecule has 0 saturated heterocycles. The smallest absolute Gasteiger partial charge is 0.287 e. The van der Waals surface area contributed by atoms with Gasteiger partial charge in [0.2, 0.25) is 0 Å². The van der Waals surface area contributed by atoms with Crippen LogP contribution in [-0.4, -0.2) is 11.9 Å². The van der Waals surface area contributed by atoms with Gasteiger partial charge in [0, 0.05) is 21.5 Å². The van der Waals surface area contributed by atoms with E-state index in [4.69, 9.17) is 4.42 Å². The van der Waals surface area contributed by atoms with E-state index in [1.165, 1.54) is 0 Å². The number of hydrogen-bond acceptors (Lipinski definition) is 2. The summed E-state index contributed by atoms with van der Waals surface area (Å²) in [4.78, 5) is 12.4. The molecule has 0 aliphatic rings. The molecule has 0 spiro atoms. The molecular formula is C16H20BrNO2. The number of nitrogens with one attached hydrogen (secondary N) is 1. The summed E-state index contributed by atoms with van der Waals surface area (Å²) < 4.78 is 6.69. The van der Waals surface area contributed by atoms with Gasteiger partial charge in [0.1, 0.15) is 5.58 Å². The maximum absolute atomic E-state index is 12.4. The lowest BCUT2D eigenvalue weighted by molar-refractivity contribution is 0.0897. The van der Waals surface area contributed by atoms with Gasteiger partial charge in [-0.3, -0.25) is 4.79 Å². The van der Waals surface area contributed by atoms with E-state index in [9.17, 15) is 4.79 Å². The molecule has 0 aliphatic heterocycles. The molecule has 2 rings (SSSR count). The Labute approximate surface area is 127 Å². The van der Waals surface area contributed by atoms with Gasteiger partial charge in [-0.25, -0.2) is 0 Å². The largest absolute Gasteiger partial charge is 0.451 e. The van der Waals surface area contributed by atoms with E-state index in [1.54, 1.807) is 0 Å². The molecule has 20 heavy (non-hydrogen) atoms. The van der Waals surface area contributed by atoms with Gasteiger partial charge in [-0.15, -0.1) is 0 Å². The summed E-state index contributed by atoms with van der Waals surface area (Å²) in [6.07, 6.45) is 0.911. The highest BCUT2D eigenvalue weighted by Gasteiger charge is 2.21. The summed E-state index contributed by atoms with van der Waals surface area (Å²) in [6, 6.07) is 5.94. The van der Waals surface area contributed by atoms with E-state index in [0.29, 0.717) is 11.7 Å². The number of aryl methyl sites for hydroxylation is 1. The molecule has 0 aliphatic carbocycles. The van der Waals surface area contributed by atoms with Crippen LogP contribution in [-0.2, 0) is 0 Å². The van der Waals surface area contributed by atoms with Crippen molar-refractivity contribution in [1.82, 2.24) is 5.32 Å². The van der Waals surface area contributed by atoms with E-state index in [0.717, 1.165) is 27.4 Å². The zero-order valence-electron chi connectivity index (χ0n) is 12.3. The molecule has 1 atom stereocenters. The molecule has 1 aromatic heterocycles. The normalized spacial score (nSPS) is 12.9. The van der Waals surface area contributed by atoms with Crippen LogP contribution >= 0.6 is 15.9 Å². The van der Waals surface area contributed by atoms with Crippen molar-refractivity contribution in [3.8, 4) is 0 Å². The van der Waals surface area contributed by atoms with Crippen LogP contribution < -0.4 is 5.32 Å². The van der Waals surface area contributed by atoms with Crippen molar-refractivity contribution in [2.75, 3.05) is 0 Å². The number of halogens is 1. The third-order valence-corrected chi connectivity index (χ3v) is 4.16. The van der Waals surface area contributed by atoms with E-state index in [-0.39, 0.29) is 11.9 Å². The quantitative estimate of drug-likeness (QED) is 0.880. The Kier molecular flexibility index (Phi) is 4.53. The van der Waals surface area contributed by atoms with Crippen LogP contribution in [0.4, 0.5) is 0 Å². The number of furan rings is 1. The van der Waals surface area contributed by atoms with Gasteiger partial charge in [0.25, 0.3) is 5.91 Å². The van der Waals surface area contributed by atoms with Gasteiger partial charge >= 0.3 is 0 Å². The zero-order chi connectivity index (χ0) is 14.9. The lowest BCUT2D eigenvalue weighted by Crippen LogP contribution is -2.38. The first-order chi connectivity index (χ1) is 9.43. The Bertz CT molecular complexity index is 631. The molecule has 1 aromatic carbocycles. The average molecular weight is 338 g/mol. The second-order valence-electron chi connectivity index (χ2n) is 5.43. The minimum Gasteiger partial charge on any atom is -0.451 e. The van der Waals surface area contributed by atoms with E-state index in [2.05, 4.69) is 42.0 Å². The van der Waals surface area contributed by atoms with Gasteiger partial charge in [-0.1, -0.05) is 36.7 Å². The molecule has 0 radical (unpaired) electrons. The molecular weight excluding hydrogens is 318 g/mol. The summed E-state index contributed by atoms with van der Waals surface area (Å²) in [5.41, 5.74) is 1.63. The first-order valence-electron chi connectivity index (χ1n) is 6.93. The van der Waals surface area contributed by atoms with Crippen molar-refractivity contribution in [1.29, 1.82) is 0 Å². The molecule has 0 saturated carbocycles. The van der Waals surface area contributed by atoms with Crippen LogP contribution in [0.1, 0.15) is 43.3 Å². The van der Waals surface area contributed by atoms with Crippen molar-refractivity contribution in [2.24, 2.45) is 5.92 Å². The average Bonchev–Trinajstić information content (AvgIpc) is 2.73. The molecule has 0 bridgehead atoms. The maximum Gasteiger partial charge on any atom is 0.287 e. The summed E-state index contributed by atoms with van der Waals surface area (Å²) in [5.74, 6) is 0.690. The van der Waals surface area contributed by atoms with Crippen molar-refractivity contribution < 1.29 is 9.21 Å². The summed E-state index contributed by atoms with van der Waals surface area (Å²) >= 11 is 3.44. The highest BCUT2D eigenvalue weighted by Crippen LogP contribution is 2.28. The molecule has 1 unspecified atom stereocenters. The van der Waals surface area contributed by atoms with Crippen molar-refractivity contribution in [3.63, 3.8) is 0 Å². The second-order valence-corrected chi connectivity index (χ2v) is 6.34. The van der Waals surface area contributed by atoms with Gasteiger partial charge in [0.15, 0.2) is 5.76 Å². The lowest BCUT2D eigenvalue weighted by atomic mass is 10.0. The molecule has 3 nitrogen and oxygen atoms in total. The number of benzene rings is 1. The van der Waals surface area contributed by atoms with Crippen LogP contribution in [0, 0.1) is 12.8 Å². The fraction of sp³-hybridized carbons (Fsp3) is 0.438. The number of hydrogen-bond donors (Lipinski definition) is 1. The number of rotatable bonds is 4. The summed E-state index contributed by atoms with van der Waals surface area (Å²) in [7, 11) is 0. The minimum atomic E-state index is -0.129. The van der Waals surface area contributed by atoms with Crippen molar-refractivity contribution in [2.45, 2.75) is 40.2 Å². The predicted molar refractivity (Wildman–Crippen MR) is 85.0 cm³/mol. The van der Waals surface area contributed by atoms with Crippen LogP contribution in [0.5, 0.6) is 0 Å². The third kappa shape index (κ3) is 2.90. The summed E-state index contributed by atoms with van der Waals surface area (Å²) in [5, 5.41) is 4.03. The van der Waals surface area contributed by atoms with Gasteiger partial charge < -0.3 is 9.73 Å². The van der Waals surface area contributed by atoms with Gasteiger partial charge in [-0.2, -0.15) is 0 Å². The van der Waals surface area contributed by atoms with E-state index >= 15 is 0 Å². The van der Waals surface area contributed by atoms with Crippen LogP contribution in [0.25, 0.3) is 11.0 Å². The van der Waals surface area contributed by atoms with Gasteiger partial charge in [-0.05, 0) is 37.5 Å². The third-order valence-electron chi connectivity index (χ3n) is 3.67. The van der Waals surface area contributed by atoms with E-state index < -0.39 is 0 Å². The topological polar surface area (TPSA) is 42.2 Å². The Morgan fingerprint density at radius 2 is 2.10 bits per heavy atom. The highest BCUT2D eigenvalue weighted by molar-refractivity contribution is 9.10. The number of carbonyl (C=O) groups is 1. The minimum absolute atomic E-state index is 0.129. The Morgan fingerprint density at radius 3 is 2.70 bits per heavy atom. The standard InChI is InChI=1S/C16H20BrNO2/c1-5-13(9(2)3)18-16(19)15-10(4)12-8-11(17)6-7-14(12)20-15/h6-9,13H,5H2,1-4H3,(H,18,19). The number of carbonyl (C=O) groups excluding carboxylic acids is 1. The Morgan fingerprint density at radius 1 is 1.40 bits per heavy atom. The van der Waals surface area contributed by atoms with Crippen molar-refractivity contribution >= 4 is 32.8 Å². The molecule has 108 valence electrons. The highest BCUT2D eigenvalue weighted by atomic mass is 79.9.